The third kappa shape index (κ3) is 2.95. The van der Waals surface area contributed by atoms with Crippen LogP contribution < -0.4 is 4.74 Å². The Balaban J connectivity index is 2.40. The maximum Gasteiger partial charge on any atom is 0.223 e. The number of ether oxygens (including phenoxy) is 2. The smallest absolute Gasteiger partial charge is 0.223 e. The molecule has 0 amide bonds. The number of methoxy groups -OCH3 is 1. The molecule has 0 radical (unpaired) electrons. The van der Waals surface area contributed by atoms with Gasteiger partial charge in [-0.25, -0.2) is 4.99 Å². The molecule has 1 aromatic rings. The van der Waals surface area contributed by atoms with Crippen LogP contribution >= 0.6 is 61.1 Å². The van der Waals surface area contributed by atoms with Gasteiger partial charge in [-0.05, 0) is 73.2 Å². The Bertz CT molecular complexity index is 514. The highest BCUT2D eigenvalue weighted by molar-refractivity contribution is 14.1. The summed E-state index contributed by atoms with van der Waals surface area (Å²) < 4.78 is 14.8. The second-order valence-electron chi connectivity index (χ2n) is 3.27. The summed E-state index contributed by atoms with van der Waals surface area (Å²) in [6, 6.07) is 3.92. The summed E-state index contributed by atoms with van der Waals surface area (Å²) >= 11 is 7.87. The number of aliphatic imine (C=N–C) groups is 1. The molecule has 0 saturated carbocycles. The molecule has 90 valence electrons. The van der Waals surface area contributed by atoms with Crippen molar-refractivity contribution in [3.63, 3.8) is 0 Å². The third-order valence-electron chi connectivity index (χ3n) is 2.20. The molecular formula is C11H8BrI2NO2. The van der Waals surface area contributed by atoms with Gasteiger partial charge in [0.25, 0.3) is 0 Å². The highest BCUT2D eigenvalue weighted by atomic mass is 127. The van der Waals surface area contributed by atoms with Crippen molar-refractivity contribution < 1.29 is 9.47 Å². The quantitative estimate of drug-likeness (QED) is 0.551. The van der Waals surface area contributed by atoms with E-state index in [1.165, 1.54) is 0 Å². The lowest BCUT2D eigenvalue weighted by Crippen LogP contribution is -2.04. The van der Waals surface area contributed by atoms with E-state index in [2.05, 4.69) is 66.1 Å². The van der Waals surface area contributed by atoms with E-state index in [-0.39, 0.29) is 0 Å². The fourth-order valence-electron chi connectivity index (χ4n) is 1.38. The van der Waals surface area contributed by atoms with Gasteiger partial charge in [0.2, 0.25) is 5.90 Å². The Morgan fingerprint density at radius 3 is 2.88 bits per heavy atom. The van der Waals surface area contributed by atoms with Crippen molar-refractivity contribution in [2.75, 3.05) is 13.7 Å². The molecule has 0 aliphatic carbocycles. The highest BCUT2D eigenvalue weighted by Gasteiger charge is 2.19. The van der Waals surface area contributed by atoms with E-state index in [0.717, 1.165) is 25.1 Å². The van der Waals surface area contributed by atoms with Crippen LogP contribution in [0.4, 0.5) is 0 Å². The number of rotatable bonds is 2. The standard InChI is InChI=1S/C11H8BrI2NO2/c1-16-10-2-7(9(14)3-8(10)12)11-15-5-6(4-13)17-11/h2-4H,5H2,1H3/b6-4+. The van der Waals surface area contributed by atoms with E-state index in [9.17, 15) is 0 Å². The van der Waals surface area contributed by atoms with Gasteiger partial charge in [-0.3, -0.25) is 0 Å². The lowest BCUT2D eigenvalue weighted by atomic mass is 10.2. The number of halogens is 3. The first-order valence-electron chi connectivity index (χ1n) is 4.70. The average Bonchev–Trinajstić information content (AvgIpc) is 2.78. The van der Waals surface area contributed by atoms with Gasteiger partial charge < -0.3 is 9.47 Å². The molecular weight excluding hydrogens is 512 g/mol. The van der Waals surface area contributed by atoms with E-state index >= 15 is 0 Å². The summed E-state index contributed by atoms with van der Waals surface area (Å²) in [6.07, 6.45) is 0. The summed E-state index contributed by atoms with van der Waals surface area (Å²) in [5, 5.41) is 0. The molecule has 1 aliphatic heterocycles. The molecule has 2 rings (SSSR count). The molecule has 6 heteroatoms. The molecule has 0 fully saturated rings. The molecule has 0 N–H and O–H groups in total. The SMILES string of the molecule is COc1cc(C2=NC/C(=C\I)O2)c(I)cc1Br. The molecule has 0 unspecified atom stereocenters. The van der Waals surface area contributed by atoms with Crippen LogP contribution in [0.5, 0.6) is 5.75 Å². The number of hydrogen-bond donors (Lipinski definition) is 0. The van der Waals surface area contributed by atoms with Crippen molar-refractivity contribution in [2.45, 2.75) is 0 Å². The van der Waals surface area contributed by atoms with Crippen LogP contribution in [0.15, 0.2) is 31.4 Å². The summed E-state index contributed by atoms with van der Waals surface area (Å²) in [6.45, 7) is 0.604. The molecule has 17 heavy (non-hydrogen) atoms. The second kappa shape index (κ2) is 5.87. The van der Waals surface area contributed by atoms with Gasteiger partial charge in [-0.2, -0.15) is 0 Å². The minimum Gasteiger partial charge on any atom is -0.496 e. The molecule has 1 heterocycles. The van der Waals surface area contributed by atoms with Crippen LogP contribution in [0.25, 0.3) is 0 Å². The first-order valence-corrected chi connectivity index (χ1v) is 7.82. The van der Waals surface area contributed by atoms with E-state index < -0.39 is 0 Å². The van der Waals surface area contributed by atoms with Crippen molar-refractivity contribution in [1.82, 2.24) is 0 Å². The summed E-state index contributed by atoms with van der Waals surface area (Å²) in [4.78, 5) is 4.37. The fraction of sp³-hybridized carbons (Fsp3) is 0.182. The number of nitrogens with zero attached hydrogens (tertiary/aromatic N) is 1. The Morgan fingerprint density at radius 2 is 2.29 bits per heavy atom. The molecule has 0 aromatic heterocycles. The highest BCUT2D eigenvalue weighted by Crippen LogP contribution is 2.31. The van der Waals surface area contributed by atoms with Crippen LogP contribution in [-0.2, 0) is 4.74 Å². The van der Waals surface area contributed by atoms with Gasteiger partial charge in [-0.1, -0.05) is 0 Å². The van der Waals surface area contributed by atoms with Crippen LogP contribution in [-0.4, -0.2) is 19.6 Å². The second-order valence-corrected chi connectivity index (χ2v) is 5.90. The Kier molecular flexibility index (Phi) is 4.70. The van der Waals surface area contributed by atoms with Crippen molar-refractivity contribution in [3.8, 4) is 5.75 Å². The zero-order valence-corrected chi connectivity index (χ0v) is 14.7. The first-order chi connectivity index (χ1) is 8.15. The minimum absolute atomic E-state index is 0.604. The van der Waals surface area contributed by atoms with Gasteiger partial charge in [0.1, 0.15) is 18.1 Å². The lowest BCUT2D eigenvalue weighted by Gasteiger charge is -2.09. The lowest BCUT2D eigenvalue weighted by molar-refractivity contribution is 0.410. The summed E-state index contributed by atoms with van der Waals surface area (Å²) in [7, 11) is 1.64. The Hall–Kier alpha value is 0.170. The summed E-state index contributed by atoms with van der Waals surface area (Å²) in [5.41, 5.74) is 0.957. The van der Waals surface area contributed by atoms with Gasteiger partial charge in [0, 0.05) is 7.65 Å². The van der Waals surface area contributed by atoms with Crippen LogP contribution in [0, 0.1) is 3.57 Å². The van der Waals surface area contributed by atoms with Gasteiger partial charge >= 0.3 is 0 Å². The largest absolute Gasteiger partial charge is 0.496 e. The van der Waals surface area contributed by atoms with E-state index in [1.54, 1.807) is 7.11 Å². The third-order valence-corrected chi connectivity index (χ3v) is 4.41. The molecule has 0 saturated heterocycles. The predicted octanol–water partition coefficient (Wildman–Crippen LogP) is 4.12. The number of hydrogen-bond acceptors (Lipinski definition) is 3. The zero-order chi connectivity index (χ0) is 12.4. The van der Waals surface area contributed by atoms with Crippen LogP contribution in [0.3, 0.4) is 0 Å². The van der Waals surface area contributed by atoms with E-state index in [4.69, 9.17) is 9.47 Å². The average molecular weight is 520 g/mol. The Labute approximate surface area is 135 Å². The monoisotopic (exact) mass is 519 g/mol. The van der Waals surface area contributed by atoms with Gasteiger partial charge in [0.05, 0.1) is 17.1 Å². The normalized spacial score (nSPS) is 16.9. The van der Waals surface area contributed by atoms with Crippen molar-refractivity contribution in [3.05, 3.63) is 35.6 Å². The van der Waals surface area contributed by atoms with Crippen LogP contribution in [0.2, 0.25) is 0 Å². The van der Waals surface area contributed by atoms with Gasteiger partial charge in [0.15, 0.2) is 0 Å². The van der Waals surface area contributed by atoms with Crippen molar-refractivity contribution in [2.24, 2.45) is 4.99 Å². The number of benzene rings is 1. The molecule has 1 aliphatic rings. The van der Waals surface area contributed by atoms with E-state index in [1.807, 2.05) is 16.2 Å². The molecule has 0 atom stereocenters. The van der Waals surface area contributed by atoms with Crippen LogP contribution in [0.1, 0.15) is 5.56 Å². The zero-order valence-electron chi connectivity index (χ0n) is 8.84. The molecule has 3 nitrogen and oxygen atoms in total. The minimum atomic E-state index is 0.604. The maximum absolute atomic E-state index is 5.64. The van der Waals surface area contributed by atoms with E-state index in [0.29, 0.717) is 12.4 Å². The predicted molar refractivity (Wildman–Crippen MR) is 88.0 cm³/mol. The molecule has 1 aromatic carbocycles. The van der Waals surface area contributed by atoms with Crippen molar-refractivity contribution in [1.29, 1.82) is 0 Å². The first kappa shape index (κ1) is 13.6. The Morgan fingerprint density at radius 1 is 1.53 bits per heavy atom. The summed E-state index contributed by atoms with van der Waals surface area (Å²) in [5.74, 6) is 2.31. The van der Waals surface area contributed by atoms with Crippen molar-refractivity contribution >= 4 is 67.0 Å². The van der Waals surface area contributed by atoms with Gasteiger partial charge in [-0.15, -0.1) is 0 Å². The fourth-order valence-corrected chi connectivity index (χ4v) is 3.34. The maximum atomic E-state index is 5.64. The molecule has 0 bridgehead atoms. The topological polar surface area (TPSA) is 30.8 Å². The molecule has 0 spiro atoms.